The van der Waals surface area contributed by atoms with Crippen LogP contribution in [0.4, 0.5) is 13.2 Å². The molecular weight excluding hydrogens is 207 g/mol. The molecule has 0 saturated carbocycles. The zero-order valence-corrected chi connectivity index (χ0v) is 8.17. The van der Waals surface area contributed by atoms with E-state index >= 15 is 0 Å². The Morgan fingerprint density at radius 2 is 2.13 bits per heavy atom. The Hall–Kier alpha value is -1.14. The van der Waals surface area contributed by atoms with Crippen LogP contribution in [0.3, 0.4) is 0 Å². The summed E-state index contributed by atoms with van der Waals surface area (Å²) in [5.74, 6) is 5.23. The number of hydrogen-bond donors (Lipinski definition) is 2. The minimum atomic E-state index is -4.34. The van der Waals surface area contributed by atoms with Crippen LogP contribution in [-0.2, 0) is 6.18 Å². The van der Waals surface area contributed by atoms with Crippen molar-refractivity contribution in [2.24, 2.45) is 5.84 Å². The van der Waals surface area contributed by atoms with Gasteiger partial charge in [-0.25, -0.2) is 0 Å². The highest BCUT2D eigenvalue weighted by atomic mass is 19.4. The van der Waals surface area contributed by atoms with E-state index in [4.69, 9.17) is 5.84 Å². The first-order valence-corrected chi connectivity index (χ1v) is 4.48. The third kappa shape index (κ3) is 2.90. The number of halogens is 3. The molecule has 0 bridgehead atoms. The molecule has 0 aliphatic heterocycles. The fourth-order valence-corrected chi connectivity index (χ4v) is 1.19. The molecule has 0 saturated heterocycles. The standard InChI is InChI=1S/C9H12F3N3/c1-2-7(15-13)8-4-3-6(5-14-8)9(10,11)12/h3-5,7,15H,2,13H2,1H3. The first-order valence-electron chi connectivity index (χ1n) is 4.48. The van der Waals surface area contributed by atoms with Crippen LogP contribution in [0.1, 0.15) is 30.6 Å². The van der Waals surface area contributed by atoms with Gasteiger partial charge in [0, 0.05) is 6.20 Å². The zero-order valence-electron chi connectivity index (χ0n) is 8.17. The number of alkyl halides is 3. The monoisotopic (exact) mass is 219 g/mol. The van der Waals surface area contributed by atoms with Gasteiger partial charge < -0.3 is 0 Å². The molecule has 1 heterocycles. The molecule has 84 valence electrons. The quantitative estimate of drug-likeness (QED) is 0.604. The van der Waals surface area contributed by atoms with E-state index < -0.39 is 11.7 Å². The lowest BCUT2D eigenvalue weighted by atomic mass is 10.1. The van der Waals surface area contributed by atoms with Crippen molar-refractivity contribution in [2.45, 2.75) is 25.6 Å². The number of rotatable bonds is 3. The van der Waals surface area contributed by atoms with Gasteiger partial charge in [-0.15, -0.1) is 0 Å². The van der Waals surface area contributed by atoms with Crippen LogP contribution in [0, 0.1) is 0 Å². The highest BCUT2D eigenvalue weighted by molar-refractivity contribution is 5.18. The zero-order chi connectivity index (χ0) is 11.5. The van der Waals surface area contributed by atoms with Crippen LogP contribution in [0.2, 0.25) is 0 Å². The largest absolute Gasteiger partial charge is 0.417 e. The highest BCUT2D eigenvalue weighted by Crippen LogP contribution is 2.29. The van der Waals surface area contributed by atoms with Gasteiger partial charge in [-0.1, -0.05) is 6.92 Å². The van der Waals surface area contributed by atoms with Gasteiger partial charge in [-0.05, 0) is 18.6 Å². The van der Waals surface area contributed by atoms with Gasteiger partial charge in [0.1, 0.15) is 0 Å². The Kier molecular flexibility index (Phi) is 3.65. The molecule has 1 aromatic rings. The van der Waals surface area contributed by atoms with Gasteiger partial charge in [0.15, 0.2) is 0 Å². The maximum absolute atomic E-state index is 12.2. The number of nitrogens with one attached hydrogen (secondary N) is 1. The Morgan fingerprint density at radius 1 is 1.47 bits per heavy atom. The van der Waals surface area contributed by atoms with Crippen LogP contribution in [0.5, 0.6) is 0 Å². The first kappa shape index (κ1) is 11.9. The molecule has 15 heavy (non-hydrogen) atoms. The van der Waals surface area contributed by atoms with E-state index in [2.05, 4.69) is 10.4 Å². The minimum absolute atomic E-state index is 0.215. The average molecular weight is 219 g/mol. The number of nitrogens with two attached hydrogens (primary N) is 1. The van der Waals surface area contributed by atoms with Crippen molar-refractivity contribution >= 4 is 0 Å². The van der Waals surface area contributed by atoms with E-state index in [-0.39, 0.29) is 6.04 Å². The molecule has 1 unspecified atom stereocenters. The Labute approximate surface area is 85.5 Å². The molecule has 1 rings (SSSR count). The average Bonchev–Trinajstić information content (AvgIpc) is 2.19. The number of hydrazine groups is 1. The lowest BCUT2D eigenvalue weighted by molar-refractivity contribution is -0.137. The molecule has 6 heteroatoms. The summed E-state index contributed by atoms with van der Waals surface area (Å²) in [6.45, 7) is 1.86. The van der Waals surface area contributed by atoms with Crippen molar-refractivity contribution in [3.8, 4) is 0 Å². The molecule has 1 aromatic heterocycles. The Morgan fingerprint density at radius 3 is 2.47 bits per heavy atom. The first-order chi connectivity index (χ1) is 6.99. The number of aromatic nitrogens is 1. The lowest BCUT2D eigenvalue weighted by Gasteiger charge is -2.13. The minimum Gasteiger partial charge on any atom is -0.271 e. The summed E-state index contributed by atoms with van der Waals surface area (Å²) in [5, 5.41) is 0. The topological polar surface area (TPSA) is 50.9 Å². The predicted octanol–water partition coefficient (Wildman–Crippen LogP) is 2.01. The Bertz CT molecular complexity index is 303. The molecule has 0 aliphatic carbocycles. The van der Waals surface area contributed by atoms with E-state index in [0.29, 0.717) is 12.1 Å². The van der Waals surface area contributed by atoms with Crippen molar-refractivity contribution in [2.75, 3.05) is 0 Å². The maximum atomic E-state index is 12.2. The molecule has 0 fully saturated rings. The van der Waals surface area contributed by atoms with Crippen molar-refractivity contribution in [1.29, 1.82) is 0 Å². The molecular formula is C9H12F3N3. The van der Waals surface area contributed by atoms with E-state index in [1.54, 1.807) is 0 Å². The number of pyridine rings is 1. The van der Waals surface area contributed by atoms with Crippen molar-refractivity contribution in [3.05, 3.63) is 29.6 Å². The SMILES string of the molecule is CCC(NN)c1ccc(C(F)(F)F)cn1. The predicted molar refractivity (Wildman–Crippen MR) is 49.6 cm³/mol. The summed E-state index contributed by atoms with van der Waals surface area (Å²) in [6.07, 6.45) is -2.87. The fourth-order valence-electron chi connectivity index (χ4n) is 1.19. The third-order valence-corrected chi connectivity index (χ3v) is 2.08. The molecule has 0 amide bonds. The molecule has 3 N–H and O–H groups in total. The van der Waals surface area contributed by atoms with Crippen molar-refractivity contribution in [1.82, 2.24) is 10.4 Å². The summed E-state index contributed by atoms with van der Waals surface area (Å²) in [6, 6.07) is 2.12. The van der Waals surface area contributed by atoms with Crippen molar-refractivity contribution < 1.29 is 13.2 Å². The number of nitrogens with zero attached hydrogens (tertiary/aromatic N) is 1. The van der Waals surface area contributed by atoms with Gasteiger partial charge >= 0.3 is 6.18 Å². The van der Waals surface area contributed by atoms with Gasteiger partial charge in [0.2, 0.25) is 0 Å². The highest BCUT2D eigenvalue weighted by Gasteiger charge is 2.30. The van der Waals surface area contributed by atoms with Gasteiger partial charge in [-0.2, -0.15) is 13.2 Å². The van der Waals surface area contributed by atoms with Crippen molar-refractivity contribution in [3.63, 3.8) is 0 Å². The van der Waals surface area contributed by atoms with Gasteiger partial charge in [0.05, 0.1) is 17.3 Å². The summed E-state index contributed by atoms with van der Waals surface area (Å²) < 4.78 is 36.6. The van der Waals surface area contributed by atoms with E-state index in [1.165, 1.54) is 6.07 Å². The smallest absolute Gasteiger partial charge is 0.271 e. The van der Waals surface area contributed by atoms with Gasteiger partial charge in [-0.3, -0.25) is 16.3 Å². The molecule has 0 aromatic carbocycles. The molecule has 3 nitrogen and oxygen atoms in total. The summed E-state index contributed by atoms with van der Waals surface area (Å²) in [5.41, 5.74) is 2.24. The second-order valence-corrected chi connectivity index (χ2v) is 3.10. The second kappa shape index (κ2) is 4.59. The van der Waals surface area contributed by atoms with Gasteiger partial charge in [0.25, 0.3) is 0 Å². The molecule has 0 spiro atoms. The van der Waals surface area contributed by atoms with E-state index in [1.807, 2.05) is 6.92 Å². The maximum Gasteiger partial charge on any atom is 0.417 e. The van der Waals surface area contributed by atoms with Crippen LogP contribution >= 0.6 is 0 Å². The number of hydrogen-bond acceptors (Lipinski definition) is 3. The lowest BCUT2D eigenvalue weighted by Crippen LogP contribution is -2.28. The van der Waals surface area contributed by atoms with Crippen LogP contribution in [-0.4, -0.2) is 4.98 Å². The summed E-state index contributed by atoms with van der Waals surface area (Å²) in [7, 11) is 0. The summed E-state index contributed by atoms with van der Waals surface area (Å²) >= 11 is 0. The molecule has 0 radical (unpaired) electrons. The van der Waals surface area contributed by atoms with Crippen LogP contribution in [0.15, 0.2) is 18.3 Å². The molecule has 0 aliphatic rings. The molecule has 1 atom stereocenters. The normalized spacial score (nSPS) is 13.9. The second-order valence-electron chi connectivity index (χ2n) is 3.10. The fraction of sp³-hybridized carbons (Fsp3) is 0.444. The third-order valence-electron chi connectivity index (χ3n) is 2.08. The van der Waals surface area contributed by atoms with Crippen LogP contribution < -0.4 is 11.3 Å². The Balaban J connectivity index is 2.89. The summed E-state index contributed by atoms with van der Waals surface area (Å²) in [4.78, 5) is 3.72. The van der Waals surface area contributed by atoms with E-state index in [0.717, 1.165) is 12.3 Å². The van der Waals surface area contributed by atoms with Crippen LogP contribution in [0.25, 0.3) is 0 Å². The van der Waals surface area contributed by atoms with E-state index in [9.17, 15) is 13.2 Å².